The van der Waals surface area contributed by atoms with Gasteiger partial charge < -0.3 is 14.8 Å². The standard InChI is InChI=1S/C18H25N3O3/c22-18(14-23-13-16-7-3-4-11-24-16)19-9-5-10-21-17-8-2-1-6-15(17)12-20-21/h1-2,6,8,12,16H,3-5,7,9-11,13-14H2,(H,19,22)/t16-/m0/s1. The molecule has 0 radical (unpaired) electrons. The van der Waals surface area contributed by atoms with Crippen molar-refractivity contribution >= 4 is 16.8 Å². The van der Waals surface area contributed by atoms with Gasteiger partial charge in [-0.05, 0) is 31.7 Å². The molecule has 0 unspecified atom stereocenters. The van der Waals surface area contributed by atoms with E-state index in [-0.39, 0.29) is 18.6 Å². The van der Waals surface area contributed by atoms with Gasteiger partial charge in [0.1, 0.15) is 6.61 Å². The number of amides is 1. The van der Waals surface area contributed by atoms with Crippen LogP contribution in [0.2, 0.25) is 0 Å². The monoisotopic (exact) mass is 331 g/mol. The predicted molar refractivity (Wildman–Crippen MR) is 91.8 cm³/mol. The van der Waals surface area contributed by atoms with Crippen molar-refractivity contribution in [2.45, 2.75) is 38.3 Å². The molecule has 2 aromatic rings. The number of para-hydroxylation sites is 1. The van der Waals surface area contributed by atoms with Gasteiger partial charge in [-0.3, -0.25) is 9.48 Å². The minimum absolute atomic E-state index is 0.0730. The van der Waals surface area contributed by atoms with Crippen LogP contribution in [-0.4, -0.2) is 48.2 Å². The molecular formula is C18H25N3O3. The number of hydrogen-bond acceptors (Lipinski definition) is 4. The van der Waals surface area contributed by atoms with Crippen LogP contribution in [0, 0.1) is 0 Å². The van der Waals surface area contributed by atoms with Crippen molar-refractivity contribution in [1.29, 1.82) is 0 Å². The summed E-state index contributed by atoms with van der Waals surface area (Å²) in [4.78, 5) is 11.8. The Balaban J connectivity index is 1.29. The smallest absolute Gasteiger partial charge is 0.246 e. The Hall–Kier alpha value is -1.92. The lowest BCUT2D eigenvalue weighted by Gasteiger charge is -2.22. The van der Waals surface area contributed by atoms with Crippen molar-refractivity contribution in [1.82, 2.24) is 15.1 Å². The molecule has 0 aliphatic carbocycles. The normalized spacial score (nSPS) is 17.9. The van der Waals surface area contributed by atoms with E-state index in [1.54, 1.807) is 0 Å². The molecule has 1 fully saturated rings. The van der Waals surface area contributed by atoms with E-state index in [0.717, 1.165) is 43.3 Å². The van der Waals surface area contributed by atoms with Crippen molar-refractivity contribution in [3.63, 3.8) is 0 Å². The highest BCUT2D eigenvalue weighted by Crippen LogP contribution is 2.13. The van der Waals surface area contributed by atoms with Crippen LogP contribution in [0.25, 0.3) is 10.9 Å². The molecule has 0 spiro atoms. The summed E-state index contributed by atoms with van der Waals surface area (Å²) in [5.74, 6) is -0.0730. The molecular weight excluding hydrogens is 306 g/mol. The second kappa shape index (κ2) is 8.80. The van der Waals surface area contributed by atoms with Gasteiger partial charge in [0.2, 0.25) is 5.91 Å². The third-order valence-corrected chi connectivity index (χ3v) is 4.23. The third kappa shape index (κ3) is 4.79. The maximum Gasteiger partial charge on any atom is 0.246 e. The quantitative estimate of drug-likeness (QED) is 0.753. The fraction of sp³-hybridized carbons (Fsp3) is 0.556. The van der Waals surface area contributed by atoms with Crippen molar-refractivity contribution in [2.75, 3.05) is 26.4 Å². The Morgan fingerprint density at radius 2 is 2.29 bits per heavy atom. The van der Waals surface area contributed by atoms with E-state index in [1.807, 2.05) is 29.1 Å². The fourth-order valence-electron chi connectivity index (χ4n) is 2.93. The van der Waals surface area contributed by atoms with Crippen LogP contribution >= 0.6 is 0 Å². The van der Waals surface area contributed by atoms with Crippen LogP contribution in [0.15, 0.2) is 30.5 Å². The van der Waals surface area contributed by atoms with Crippen LogP contribution in [0.4, 0.5) is 0 Å². The second-order valence-corrected chi connectivity index (χ2v) is 6.13. The molecule has 1 saturated heterocycles. The molecule has 6 nitrogen and oxygen atoms in total. The lowest BCUT2D eigenvalue weighted by Crippen LogP contribution is -2.31. The van der Waals surface area contributed by atoms with Gasteiger partial charge in [-0.15, -0.1) is 0 Å². The topological polar surface area (TPSA) is 65.4 Å². The molecule has 0 saturated carbocycles. The van der Waals surface area contributed by atoms with Crippen LogP contribution in [0.3, 0.4) is 0 Å². The number of fused-ring (bicyclic) bond motifs is 1. The summed E-state index contributed by atoms with van der Waals surface area (Å²) in [7, 11) is 0. The van der Waals surface area contributed by atoms with Crippen molar-refractivity contribution in [3.8, 4) is 0 Å². The molecule has 6 heteroatoms. The second-order valence-electron chi connectivity index (χ2n) is 6.13. The maximum absolute atomic E-state index is 11.8. The average Bonchev–Trinajstić information content (AvgIpc) is 3.03. The summed E-state index contributed by atoms with van der Waals surface area (Å²) in [6.07, 6.45) is 6.20. The lowest BCUT2D eigenvalue weighted by molar-refractivity contribution is -0.127. The maximum atomic E-state index is 11.8. The first-order valence-electron chi connectivity index (χ1n) is 8.69. The van der Waals surface area contributed by atoms with E-state index >= 15 is 0 Å². The summed E-state index contributed by atoms with van der Waals surface area (Å²) in [6, 6.07) is 8.12. The number of nitrogens with one attached hydrogen (secondary N) is 1. The summed E-state index contributed by atoms with van der Waals surface area (Å²) in [5.41, 5.74) is 1.12. The molecule has 130 valence electrons. The fourth-order valence-corrected chi connectivity index (χ4v) is 2.93. The van der Waals surface area contributed by atoms with Gasteiger partial charge in [0, 0.05) is 25.1 Å². The van der Waals surface area contributed by atoms with E-state index in [9.17, 15) is 4.79 Å². The lowest BCUT2D eigenvalue weighted by atomic mass is 10.1. The van der Waals surface area contributed by atoms with Crippen LogP contribution in [0.5, 0.6) is 0 Å². The zero-order chi connectivity index (χ0) is 16.6. The van der Waals surface area contributed by atoms with E-state index < -0.39 is 0 Å². The van der Waals surface area contributed by atoms with Crippen LogP contribution < -0.4 is 5.32 Å². The number of carbonyl (C=O) groups is 1. The molecule has 2 heterocycles. The first-order valence-corrected chi connectivity index (χ1v) is 8.69. The molecule has 1 aliphatic rings. The van der Waals surface area contributed by atoms with Crippen molar-refractivity contribution < 1.29 is 14.3 Å². The summed E-state index contributed by atoms with van der Waals surface area (Å²) >= 11 is 0. The Morgan fingerprint density at radius 1 is 1.38 bits per heavy atom. The highest BCUT2D eigenvalue weighted by Gasteiger charge is 2.14. The molecule has 1 amide bonds. The third-order valence-electron chi connectivity index (χ3n) is 4.23. The Morgan fingerprint density at radius 3 is 3.17 bits per heavy atom. The predicted octanol–water partition coefficient (Wildman–Crippen LogP) is 2.13. The molecule has 1 aromatic heterocycles. The van der Waals surface area contributed by atoms with Gasteiger partial charge in [-0.25, -0.2) is 0 Å². The minimum atomic E-state index is -0.0730. The van der Waals surface area contributed by atoms with Gasteiger partial charge in [0.15, 0.2) is 0 Å². The molecule has 1 aliphatic heterocycles. The number of aryl methyl sites for hydroxylation is 1. The number of nitrogens with zero attached hydrogens (tertiary/aromatic N) is 2. The van der Waals surface area contributed by atoms with E-state index in [4.69, 9.17) is 9.47 Å². The molecule has 3 rings (SSSR count). The van der Waals surface area contributed by atoms with Crippen LogP contribution in [-0.2, 0) is 20.8 Å². The number of benzene rings is 1. The van der Waals surface area contributed by atoms with Gasteiger partial charge in [-0.2, -0.15) is 5.10 Å². The number of aromatic nitrogens is 2. The summed E-state index contributed by atoms with van der Waals surface area (Å²) < 4.78 is 13.0. The molecule has 1 aromatic carbocycles. The van der Waals surface area contributed by atoms with Crippen molar-refractivity contribution in [3.05, 3.63) is 30.5 Å². The first-order chi connectivity index (χ1) is 11.8. The largest absolute Gasteiger partial charge is 0.376 e. The highest BCUT2D eigenvalue weighted by atomic mass is 16.5. The molecule has 24 heavy (non-hydrogen) atoms. The zero-order valence-corrected chi connectivity index (χ0v) is 13.9. The molecule has 0 bridgehead atoms. The van der Waals surface area contributed by atoms with Gasteiger partial charge in [0.25, 0.3) is 0 Å². The van der Waals surface area contributed by atoms with E-state index in [0.29, 0.717) is 13.2 Å². The summed E-state index contributed by atoms with van der Waals surface area (Å²) in [5, 5.41) is 8.40. The SMILES string of the molecule is O=C(COC[C@@H]1CCCCO1)NCCCn1ncc2ccccc21. The van der Waals surface area contributed by atoms with E-state index in [2.05, 4.69) is 16.5 Å². The number of hydrogen-bond donors (Lipinski definition) is 1. The van der Waals surface area contributed by atoms with E-state index in [1.165, 1.54) is 6.42 Å². The Kier molecular flexibility index (Phi) is 6.20. The average molecular weight is 331 g/mol. The minimum Gasteiger partial charge on any atom is -0.376 e. The van der Waals surface area contributed by atoms with Gasteiger partial charge in [0.05, 0.1) is 24.4 Å². The molecule has 1 N–H and O–H groups in total. The first kappa shape index (κ1) is 16.9. The highest BCUT2D eigenvalue weighted by molar-refractivity contribution is 5.78. The van der Waals surface area contributed by atoms with Crippen molar-refractivity contribution in [2.24, 2.45) is 0 Å². The number of rotatable bonds is 8. The Bertz CT molecular complexity index is 650. The number of ether oxygens (including phenoxy) is 2. The Labute approximate surface area is 142 Å². The molecule has 1 atom stereocenters. The number of carbonyl (C=O) groups excluding carboxylic acids is 1. The van der Waals surface area contributed by atoms with Crippen LogP contribution in [0.1, 0.15) is 25.7 Å². The van der Waals surface area contributed by atoms with Gasteiger partial charge >= 0.3 is 0 Å². The zero-order valence-electron chi connectivity index (χ0n) is 13.9. The van der Waals surface area contributed by atoms with Gasteiger partial charge in [-0.1, -0.05) is 18.2 Å². The summed E-state index contributed by atoms with van der Waals surface area (Å²) in [6.45, 7) is 2.82.